The van der Waals surface area contributed by atoms with Crippen LogP contribution < -0.4 is 9.80 Å². The quantitative estimate of drug-likeness (QED) is 0.869. The first-order valence-corrected chi connectivity index (χ1v) is 9.88. The minimum Gasteiger partial charge on any atom is -0.481 e. The number of carboxylic acids is 1. The van der Waals surface area contributed by atoms with Crippen molar-refractivity contribution in [3.05, 3.63) is 11.3 Å². The molecular weight excluding hydrogens is 354 g/mol. The Morgan fingerprint density at radius 3 is 2.63 bits per heavy atom. The Hall–Kier alpha value is -1.99. The molecule has 0 bridgehead atoms. The van der Waals surface area contributed by atoms with Crippen LogP contribution in [-0.4, -0.2) is 46.7 Å². The Morgan fingerprint density at radius 2 is 2.04 bits per heavy atom. The van der Waals surface area contributed by atoms with E-state index in [1.807, 2.05) is 4.90 Å². The average Bonchev–Trinajstić information content (AvgIpc) is 3.03. The highest BCUT2D eigenvalue weighted by Crippen LogP contribution is 2.55. The van der Waals surface area contributed by atoms with E-state index in [0.29, 0.717) is 55.1 Å². The van der Waals surface area contributed by atoms with E-state index >= 15 is 0 Å². The molecule has 27 heavy (non-hydrogen) atoms. The third kappa shape index (κ3) is 2.67. The Kier molecular flexibility index (Phi) is 3.65. The standard InChI is InChI=1S/C19H24F2N4O2/c1-10-4-6-25(10)18-22-16-11(3-2-5-19(16,20)21)17(23-18)24-8-13-12(7-15(26)27)14(13)9-24/h10,12-14H,2-9H2,1H3,(H,26,27)/t10-,12-,13+,14-/m0/s1. The molecule has 1 aromatic heterocycles. The number of aliphatic carboxylic acids is 1. The van der Waals surface area contributed by atoms with Gasteiger partial charge < -0.3 is 14.9 Å². The van der Waals surface area contributed by atoms with E-state index in [0.717, 1.165) is 13.0 Å². The monoisotopic (exact) mass is 378 g/mol. The van der Waals surface area contributed by atoms with Gasteiger partial charge in [-0.15, -0.1) is 0 Å². The maximum absolute atomic E-state index is 14.6. The summed E-state index contributed by atoms with van der Waals surface area (Å²) < 4.78 is 29.3. The fourth-order valence-corrected chi connectivity index (χ4v) is 5.13. The first-order valence-electron chi connectivity index (χ1n) is 9.88. The van der Waals surface area contributed by atoms with E-state index in [-0.39, 0.29) is 30.5 Å². The van der Waals surface area contributed by atoms with Crippen molar-refractivity contribution in [2.45, 2.75) is 51.0 Å². The van der Waals surface area contributed by atoms with Crippen LogP contribution in [0.25, 0.3) is 0 Å². The summed E-state index contributed by atoms with van der Waals surface area (Å²) in [5, 5.41) is 9.01. The largest absolute Gasteiger partial charge is 0.481 e. The molecule has 0 radical (unpaired) electrons. The van der Waals surface area contributed by atoms with Crippen LogP contribution in [0.5, 0.6) is 0 Å². The molecular formula is C19H24F2N4O2. The summed E-state index contributed by atoms with van der Waals surface area (Å²) in [6.45, 7) is 4.29. The van der Waals surface area contributed by atoms with Gasteiger partial charge in [0.1, 0.15) is 11.5 Å². The van der Waals surface area contributed by atoms with Crippen molar-refractivity contribution >= 4 is 17.7 Å². The lowest BCUT2D eigenvalue weighted by atomic mass is 9.92. The number of alkyl halides is 2. The number of hydrogen-bond donors (Lipinski definition) is 1. The van der Waals surface area contributed by atoms with Crippen LogP contribution in [0.2, 0.25) is 0 Å². The van der Waals surface area contributed by atoms with Crippen LogP contribution in [0, 0.1) is 17.8 Å². The summed E-state index contributed by atoms with van der Waals surface area (Å²) in [6.07, 6.45) is 2.10. The molecule has 8 heteroatoms. The van der Waals surface area contributed by atoms with Crippen LogP contribution in [0.4, 0.5) is 20.5 Å². The summed E-state index contributed by atoms with van der Waals surface area (Å²) in [7, 11) is 0. The lowest BCUT2D eigenvalue weighted by Crippen LogP contribution is -2.47. The fourth-order valence-electron chi connectivity index (χ4n) is 5.13. The molecule has 1 N–H and O–H groups in total. The molecule has 2 aliphatic carbocycles. The van der Waals surface area contributed by atoms with Gasteiger partial charge in [0.05, 0.1) is 0 Å². The predicted octanol–water partition coefficient (Wildman–Crippen LogP) is 2.66. The summed E-state index contributed by atoms with van der Waals surface area (Å²) in [4.78, 5) is 24.1. The molecule has 0 amide bonds. The number of rotatable bonds is 4. The Bertz CT molecular complexity index is 790. The van der Waals surface area contributed by atoms with E-state index in [1.165, 1.54) is 0 Å². The van der Waals surface area contributed by atoms with Gasteiger partial charge in [-0.05, 0) is 43.9 Å². The third-order valence-corrected chi connectivity index (χ3v) is 6.90. The van der Waals surface area contributed by atoms with Gasteiger partial charge in [-0.25, -0.2) is 4.98 Å². The number of hydrogen-bond acceptors (Lipinski definition) is 5. The van der Waals surface area contributed by atoms with E-state index in [1.54, 1.807) is 0 Å². The molecule has 0 spiro atoms. The highest BCUT2D eigenvalue weighted by atomic mass is 19.3. The summed E-state index contributed by atoms with van der Waals surface area (Å²) in [6, 6.07) is 0.278. The van der Waals surface area contributed by atoms with Crippen LogP contribution in [-0.2, 0) is 17.1 Å². The first-order chi connectivity index (χ1) is 12.8. The van der Waals surface area contributed by atoms with Crippen LogP contribution >= 0.6 is 0 Å². The first kappa shape index (κ1) is 17.1. The number of halogens is 2. The number of carboxylic acid groups (broad SMARTS) is 1. The predicted molar refractivity (Wildman–Crippen MR) is 95.2 cm³/mol. The van der Waals surface area contributed by atoms with Crippen molar-refractivity contribution in [3.63, 3.8) is 0 Å². The number of aromatic nitrogens is 2. The summed E-state index contributed by atoms with van der Waals surface area (Å²) >= 11 is 0. The summed E-state index contributed by atoms with van der Waals surface area (Å²) in [5.74, 6) is -1.64. The van der Waals surface area contributed by atoms with Crippen molar-refractivity contribution in [3.8, 4) is 0 Å². The minimum absolute atomic E-state index is 0.0875. The number of piperidine rings is 1. The van der Waals surface area contributed by atoms with E-state index in [4.69, 9.17) is 10.1 Å². The van der Waals surface area contributed by atoms with Crippen molar-refractivity contribution in [2.75, 3.05) is 29.4 Å². The van der Waals surface area contributed by atoms with E-state index < -0.39 is 11.9 Å². The van der Waals surface area contributed by atoms with Crippen molar-refractivity contribution in [1.29, 1.82) is 0 Å². The van der Waals surface area contributed by atoms with Gasteiger partial charge in [0.25, 0.3) is 5.92 Å². The Balaban J connectivity index is 1.47. The van der Waals surface area contributed by atoms with Crippen LogP contribution in [0.3, 0.4) is 0 Å². The zero-order chi connectivity index (χ0) is 18.9. The molecule has 3 fully saturated rings. The topological polar surface area (TPSA) is 69.6 Å². The molecule has 4 aliphatic rings. The number of anilines is 2. The average molecular weight is 378 g/mol. The van der Waals surface area contributed by atoms with Crippen molar-refractivity contribution < 1.29 is 18.7 Å². The second-order valence-electron chi connectivity index (χ2n) is 8.56. The second-order valence-corrected chi connectivity index (χ2v) is 8.56. The SMILES string of the molecule is C[C@H]1CCN1c1nc(N2C[C@@H]3[C@H](CC(=O)O)[C@@H]3C2)c2c(n1)C(F)(F)CCC2. The maximum atomic E-state index is 14.6. The molecule has 1 saturated carbocycles. The summed E-state index contributed by atoms with van der Waals surface area (Å²) in [5.41, 5.74) is 0.509. The van der Waals surface area contributed by atoms with E-state index in [9.17, 15) is 13.6 Å². The van der Waals surface area contributed by atoms with Gasteiger partial charge in [0.15, 0.2) is 0 Å². The third-order valence-electron chi connectivity index (χ3n) is 6.90. The Labute approximate surface area is 156 Å². The van der Waals surface area contributed by atoms with Crippen molar-refractivity contribution in [1.82, 2.24) is 9.97 Å². The van der Waals surface area contributed by atoms with Gasteiger partial charge in [-0.3, -0.25) is 4.79 Å². The van der Waals surface area contributed by atoms with Crippen molar-refractivity contribution in [2.24, 2.45) is 17.8 Å². The van der Waals surface area contributed by atoms with Gasteiger partial charge in [-0.1, -0.05) is 0 Å². The molecule has 3 heterocycles. The molecule has 2 saturated heterocycles. The molecule has 5 rings (SSSR count). The number of carbonyl (C=O) groups is 1. The molecule has 1 aromatic rings. The molecule has 4 atom stereocenters. The number of fused-ring (bicyclic) bond motifs is 2. The Morgan fingerprint density at radius 1 is 1.30 bits per heavy atom. The van der Waals surface area contributed by atoms with Gasteiger partial charge in [0.2, 0.25) is 5.95 Å². The highest BCUT2D eigenvalue weighted by Gasteiger charge is 2.57. The molecule has 0 unspecified atom stereocenters. The lowest BCUT2D eigenvalue weighted by molar-refractivity contribution is -0.137. The zero-order valence-corrected chi connectivity index (χ0v) is 15.4. The minimum atomic E-state index is -2.90. The normalized spacial score (nSPS) is 33.3. The maximum Gasteiger partial charge on any atom is 0.303 e. The molecule has 6 nitrogen and oxygen atoms in total. The molecule has 0 aromatic carbocycles. The van der Waals surface area contributed by atoms with E-state index in [2.05, 4.69) is 16.8 Å². The lowest BCUT2D eigenvalue weighted by Gasteiger charge is -2.40. The van der Waals surface area contributed by atoms with Crippen LogP contribution in [0.1, 0.15) is 43.9 Å². The number of nitrogens with zero attached hydrogens (tertiary/aromatic N) is 4. The smallest absolute Gasteiger partial charge is 0.303 e. The van der Waals surface area contributed by atoms with Crippen LogP contribution in [0.15, 0.2) is 0 Å². The molecule has 146 valence electrons. The van der Waals surface area contributed by atoms with Gasteiger partial charge >= 0.3 is 5.97 Å². The fraction of sp³-hybridized carbons (Fsp3) is 0.737. The van der Waals surface area contributed by atoms with Gasteiger partial charge in [-0.2, -0.15) is 13.8 Å². The molecule has 2 aliphatic heterocycles. The van der Waals surface area contributed by atoms with Gasteiger partial charge in [0, 0.05) is 44.1 Å². The second kappa shape index (κ2) is 5.75. The highest BCUT2D eigenvalue weighted by molar-refractivity contribution is 5.68. The zero-order valence-electron chi connectivity index (χ0n) is 15.4.